The van der Waals surface area contributed by atoms with E-state index in [1.54, 1.807) is 32.0 Å². The minimum absolute atomic E-state index is 0.410. The molecule has 3 atom stereocenters. The van der Waals surface area contributed by atoms with Crippen LogP contribution in [-0.2, 0) is 15.6 Å². The molecule has 0 aromatic heterocycles. The normalized spacial score (nSPS) is 16.4. The van der Waals surface area contributed by atoms with Crippen molar-refractivity contribution in [1.29, 1.82) is 0 Å². The second kappa shape index (κ2) is 5.59. The lowest BCUT2D eigenvalue weighted by Gasteiger charge is -2.15. The molecule has 16 heavy (non-hydrogen) atoms. The fraction of sp³-hybridized carbons (Fsp3) is 0.364. The van der Waals surface area contributed by atoms with Gasteiger partial charge in [0, 0.05) is 14.6 Å². The maximum atomic E-state index is 12.1. The van der Waals surface area contributed by atoms with Gasteiger partial charge in [-0.15, -0.1) is 0 Å². The molecule has 88 valence electrons. The van der Waals surface area contributed by atoms with E-state index in [9.17, 15) is 9.00 Å². The Bertz CT molecular complexity index is 419. The van der Waals surface area contributed by atoms with Crippen molar-refractivity contribution in [3.63, 3.8) is 0 Å². The molecule has 0 radical (unpaired) electrons. The first-order chi connectivity index (χ1) is 7.43. The van der Waals surface area contributed by atoms with Crippen molar-refractivity contribution in [3.05, 3.63) is 28.7 Å². The standard InChI is InChI=1S/C11H13BrO3S/c1-7(11(13)14)8(2)16(15)10-5-3-4-9(12)6-10/h3-8H,1-2H3,(H,13,14). The molecule has 3 unspecified atom stereocenters. The van der Waals surface area contributed by atoms with Gasteiger partial charge in [-0.2, -0.15) is 0 Å². The van der Waals surface area contributed by atoms with Gasteiger partial charge >= 0.3 is 5.97 Å². The van der Waals surface area contributed by atoms with E-state index < -0.39 is 27.9 Å². The van der Waals surface area contributed by atoms with Crippen LogP contribution < -0.4 is 0 Å². The van der Waals surface area contributed by atoms with Gasteiger partial charge in [0.1, 0.15) is 0 Å². The van der Waals surface area contributed by atoms with Crippen molar-refractivity contribution in [1.82, 2.24) is 0 Å². The molecule has 0 saturated heterocycles. The lowest BCUT2D eigenvalue weighted by Crippen LogP contribution is -2.26. The van der Waals surface area contributed by atoms with Crippen LogP contribution in [0.3, 0.4) is 0 Å². The molecular weight excluding hydrogens is 292 g/mol. The smallest absolute Gasteiger partial charge is 0.307 e. The van der Waals surface area contributed by atoms with Crippen LogP contribution >= 0.6 is 15.9 Å². The molecule has 0 heterocycles. The van der Waals surface area contributed by atoms with Gasteiger partial charge in [0.05, 0.1) is 16.7 Å². The maximum absolute atomic E-state index is 12.1. The molecule has 0 saturated carbocycles. The summed E-state index contributed by atoms with van der Waals surface area (Å²) < 4.78 is 12.9. The van der Waals surface area contributed by atoms with Gasteiger partial charge < -0.3 is 5.11 Å². The van der Waals surface area contributed by atoms with Gasteiger partial charge in [-0.3, -0.25) is 9.00 Å². The quantitative estimate of drug-likeness (QED) is 0.930. The highest BCUT2D eigenvalue weighted by Gasteiger charge is 2.25. The average Bonchev–Trinajstić information content (AvgIpc) is 2.26. The summed E-state index contributed by atoms with van der Waals surface area (Å²) in [6, 6.07) is 7.12. The predicted molar refractivity (Wildman–Crippen MR) is 66.8 cm³/mol. The van der Waals surface area contributed by atoms with E-state index in [-0.39, 0.29) is 0 Å². The molecule has 5 heteroatoms. The van der Waals surface area contributed by atoms with E-state index in [0.717, 1.165) is 4.47 Å². The maximum Gasteiger partial charge on any atom is 0.307 e. The van der Waals surface area contributed by atoms with E-state index in [2.05, 4.69) is 15.9 Å². The van der Waals surface area contributed by atoms with E-state index in [1.165, 1.54) is 0 Å². The Hall–Kier alpha value is -0.680. The summed E-state index contributed by atoms with van der Waals surface area (Å²) in [6.07, 6.45) is 0. The molecular formula is C11H13BrO3S. The summed E-state index contributed by atoms with van der Waals surface area (Å²) in [5.74, 6) is -1.55. The monoisotopic (exact) mass is 304 g/mol. The largest absolute Gasteiger partial charge is 0.481 e. The van der Waals surface area contributed by atoms with E-state index in [4.69, 9.17) is 5.11 Å². The molecule has 3 nitrogen and oxygen atoms in total. The number of carboxylic acids is 1. The summed E-state index contributed by atoms with van der Waals surface area (Å²) >= 11 is 3.29. The van der Waals surface area contributed by atoms with Gasteiger partial charge in [0.25, 0.3) is 0 Å². The van der Waals surface area contributed by atoms with E-state index in [1.807, 2.05) is 6.07 Å². The van der Waals surface area contributed by atoms with Crippen molar-refractivity contribution in [2.24, 2.45) is 5.92 Å². The first-order valence-electron chi connectivity index (χ1n) is 4.82. The summed E-state index contributed by atoms with van der Waals surface area (Å²) in [4.78, 5) is 11.4. The van der Waals surface area contributed by atoms with Crippen LogP contribution in [0.25, 0.3) is 0 Å². The van der Waals surface area contributed by atoms with Crippen LogP contribution in [0.1, 0.15) is 13.8 Å². The molecule has 0 spiro atoms. The Labute approximate surface area is 105 Å². The average molecular weight is 305 g/mol. The van der Waals surface area contributed by atoms with Crippen molar-refractivity contribution in [2.45, 2.75) is 24.0 Å². The fourth-order valence-corrected chi connectivity index (χ4v) is 3.12. The second-order valence-corrected chi connectivity index (χ2v) is 6.31. The Kier molecular flexibility index (Phi) is 4.68. The van der Waals surface area contributed by atoms with Crippen LogP contribution in [0.5, 0.6) is 0 Å². The van der Waals surface area contributed by atoms with Gasteiger partial charge in [0.15, 0.2) is 0 Å². The molecule has 1 aromatic rings. The third-order valence-corrected chi connectivity index (χ3v) is 4.76. The van der Waals surface area contributed by atoms with Crippen LogP contribution in [-0.4, -0.2) is 20.5 Å². The molecule has 0 fully saturated rings. The summed E-state index contributed by atoms with van der Waals surface area (Å²) in [5.41, 5.74) is 0. The molecule has 0 aliphatic heterocycles. The third-order valence-electron chi connectivity index (χ3n) is 2.46. The SMILES string of the molecule is CC(C(=O)O)C(C)S(=O)c1cccc(Br)c1. The highest BCUT2D eigenvalue weighted by Crippen LogP contribution is 2.20. The van der Waals surface area contributed by atoms with Gasteiger partial charge in [-0.25, -0.2) is 0 Å². The first kappa shape index (κ1) is 13.4. The molecule has 0 aliphatic carbocycles. The third kappa shape index (κ3) is 3.15. The number of rotatable bonds is 4. The van der Waals surface area contributed by atoms with Crippen LogP contribution in [0.4, 0.5) is 0 Å². The van der Waals surface area contributed by atoms with Crippen LogP contribution in [0.15, 0.2) is 33.6 Å². The first-order valence-corrected chi connectivity index (χ1v) is 6.83. The van der Waals surface area contributed by atoms with Crippen molar-refractivity contribution >= 4 is 32.7 Å². The van der Waals surface area contributed by atoms with Gasteiger partial charge in [-0.1, -0.05) is 28.9 Å². The second-order valence-electron chi connectivity index (χ2n) is 3.59. The zero-order valence-electron chi connectivity index (χ0n) is 9.01. The lowest BCUT2D eigenvalue weighted by molar-refractivity contribution is -0.141. The minimum Gasteiger partial charge on any atom is -0.481 e. The molecule has 0 bridgehead atoms. The Morgan fingerprint density at radius 1 is 1.44 bits per heavy atom. The number of carbonyl (C=O) groups is 1. The zero-order valence-corrected chi connectivity index (χ0v) is 11.4. The zero-order chi connectivity index (χ0) is 12.3. The minimum atomic E-state index is -1.30. The van der Waals surface area contributed by atoms with Gasteiger partial charge in [-0.05, 0) is 25.1 Å². The van der Waals surface area contributed by atoms with Crippen molar-refractivity contribution < 1.29 is 14.1 Å². The Balaban J connectivity index is 2.90. The number of halogens is 1. The molecule has 0 amide bonds. The number of hydrogen-bond donors (Lipinski definition) is 1. The number of benzene rings is 1. The van der Waals surface area contributed by atoms with Crippen molar-refractivity contribution in [3.8, 4) is 0 Å². The molecule has 0 aliphatic rings. The predicted octanol–water partition coefficient (Wildman–Crippen LogP) is 2.67. The molecule has 1 N–H and O–H groups in total. The number of carboxylic acid groups (broad SMARTS) is 1. The summed E-state index contributed by atoms with van der Waals surface area (Å²) in [6.45, 7) is 3.26. The molecule has 1 aromatic carbocycles. The number of hydrogen-bond acceptors (Lipinski definition) is 2. The Morgan fingerprint density at radius 3 is 2.56 bits per heavy atom. The van der Waals surface area contributed by atoms with Crippen LogP contribution in [0.2, 0.25) is 0 Å². The van der Waals surface area contributed by atoms with Crippen molar-refractivity contribution in [2.75, 3.05) is 0 Å². The molecule has 1 rings (SSSR count). The van der Waals surface area contributed by atoms with Gasteiger partial charge in [0.2, 0.25) is 0 Å². The highest BCUT2D eigenvalue weighted by atomic mass is 79.9. The topological polar surface area (TPSA) is 54.4 Å². The highest BCUT2D eigenvalue weighted by molar-refractivity contribution is 9.10. The van der Waals surface area contributed by atoms with E-state index in [0.29, 0.717) is 4.90 Å². The van der Waals surface area contributed by atoms with Crippen LogP contribution in [0, 0.1) is 5.92 Å². The summed E-state index contributed by atoms with van der Waals surface area (Å²) in [5, 5.41) is 8.45. The van der Waals surface area contributed by atoms with E-state index >= 15 is 0 Å². The Morgan fingerprint density at radius 2 is 2.06 bits per heavy atom. The summed E-state index contributed by atoms with van der Waals surface area (Å²) in [7, 11) is -1.30. The fourth-order valence-electron chi connectivity index (χ4n) is 1.19. The number of aliphatic carboxylic acids is 1. The lowest BCUT2D eigenvalue weighted by atomic mass is 10.1.